The van der Waals surface area contributed by atoms with Gasteiger partial charge in [-0.1, -0.05) is 39.0 Å². The van der Waals surface area contributed by atoms with E-state index in [1.54, 1.807) is 13.0 Å². The van der Waals surface area contributed by atoms with Crippen LogP contribution >= 0.6 is 0 Å². The fraction of sp³-hybridized carbons (Fsp3) is 0.479. The number of fused-ring (bicyclic) bond motifs is 9. The van der Waals surface area contributed by atoms with Gasteiger partial charge in [0.2, 0.25) is 5.43 Å². The van der Waals surface area contributed by atoms with E-state index >= 15 is 0 Å². The topological polar surface area (TPSA) is 235 Å². The second-order valence-electron chi connectivity index (χ2n) is 17.5. The Labute approximate surface area is 380 Å². The number of hydrogen-bond donors (Lipinski definition) is 4. The Morgan fingerprint density at radius 3 is 2.48 bits per heavy atom. The SMILES string of the molecule is CO[C@H]1/C=C/O[C@@]2(C)Oc3c(C)c(O)c4c(=O)c(c5oc6cc(OCCN7CCOCC7)cc(O)c6nc-5c4c3C2=O)NC(=O)/C(C)=C\C=C\[C@H](C)[C@@H]2O[C@H]([C@H](O)[C@@H]2C)[C@H](OC(C)=O)[C@@H]1C. The van der Waals surface area contributed by atoms with Crippen LogP contribution in [0.1, 0.15) is 57.5 Å². The van der Waals surface area contributed by atoms with Gasteiger partial charge in [-0.05, 0) is 19.9 Å². The van der Waals surface area contributed by atoms with Gasteiger partial charge in [-0.25, -0.2) is 4.98 Å². The summed E-state index contributed by atoms with van der Waals surface area (Å²) in [5.41, 5.74) is -1.50. The molecule has 18 nitrogen and oxygen atoms in total. The molecule has 9 rings (SSSR count). The fourth-order valence-corrected chi connectivity index (χ4v) is 9.24. The molecule has 7 bridgehead atoms. The molecule has 2 aromatic carbocycles. The van der Waals surface area contributed by atoms with Gasteiger partial charge in [-0.15, -0.1) is 0 Å². The predicted octanol–water partition coefficient (Wildman–Crippen LogP) is 5.14. The highest BCUT2D eigenvalue weighted by atomic mass is 16.7. The summed E-state index contributed by atoms with van der Waals surface area (Å²) in [6, 6.07) is 2.86. The van der Waals surface area contributed by atoms with Gasteiger partial charge in [-0.3, -0.25) is 24.1 Å². The van der Waals surface area contributed by atoms with E-state index in [9.17, 15) is 34.5 Å². The number of rotatable bonds is 6. The lowest BCUT2D eigenvalue weighted by molar-refractivity contribution is -0.168. The standard InChI is InChI=1S/C48H55N3O15/c1-22-10-9-11-23(2)47(58)50-37-40(56)33-32(36-44(37)64-31-21-28(20-29(53)35(31)49-36)61-19-15-51-13-17-60-18-14-51)34-42(25(4)38(33)54)66-48(7,46(34)57)62-16-12-30(59-8)24(3)43(63-27(6)52)45-39(55)26(5)41(22)65-45/h9-12,16,20-22,24,26,30,39,41,43,45,53-55H,13-15,17-19H2,1-8H3,(H,50,58)/b10-9+,16-12+,23-11-/t22-,24+,26-,30-,39+,41-,43+,45+,48-/m0/s1. The molecule has 2 saturated heterocycles. The minimum Gasteiger partial charge on any atom is -0.507 e. The number of allylic oxidation sites excluding steroid dienone is 2. The Morgan fingerprint density at radius 2 is 1.77 bits per heavy atom. The molecule has 0 spiro atoms. The molecule has 0 saturated carbocycles. The van der Waals surface area contributed by atoms with Crippen LogP contribution in [0.5, 0.6) is 23.0 Å². The number of morpholine rings is 1. The van der Waals surface area contributed by atoms with Crippen molar-refractivity contribution in [1.82, 2.24) is 9.88 Å². The van der Waals surface area contributed by atoms with Gasteiger partial charge >= 0.3 is 11.8 Å². The number of aromatic nitrogens is 1. The zero-order valence-corrected chi connectivity index (χ0v) is 38.0. The Morgan fingerprint density at radius 1 is 1.03 bits per heavy atom. The molecule has 6 heterocycles. The number of Topliss-reactive ketones (excluding diaryl/α,β-unsaturated/α-hetero) is 1. The number of aromatic hydroxyl groups is 2. The lowest BCUT2D eigenvalue weighted by atomic mass is 9.86. The van der Waals surface area contributed by atoms with Crippen molar-refractivity contribution in [1.29, 1.82) is 0 Å². The van der Waals surface area contributed by atoms with E-state index in [0.717, 1.165) is 13.1 Å². The molecular formula is C48H55N3O15. The average Bonchev–Trinajstić information content (AvgIpc) is 3.73. The monoisotopic (exact) mass is 913 g/mol. The number of phenols is 2. The molecule has 2 fully saturated rings. The molecule has 1 amide bonds. The molecule has 66 heavy (non-hydrogen) atoms. The molecule has 0 aromatic heterocycles. The maximum atomic E-state index is 14.8. The van der Waals surface area contributed by atoms with Gasteiger partial charge in [0, 0.05) is 87.0 Å². The van der Waals surface area contributed by atoms with Crippen LogP contribution in [-0.4, -0.2) is 126 Å². The van der Waals surface area contributed by atoms with Gasteiger partial charge in [0.15, 0.2) is 11.3 Å². The highest BCUT2D eigenvalue weighted by Gasteiger charge is 2.51. The summed E-state index contributed by atoms with van der Waals surface area (Å²) >= 11 is 0. The zero-order chi connectivity index (χ0) is 47.4. The van der Waals surface area contributed by atoms with Gasteiger partial charge in [-0.2, -0.15) is 0 Å². The number of ketones is 1. The summed E-state index contributed by atoms with van der Waals surface area (Å²) in [5, 5.41) is 36.8. The summed E-state index contributed by atoms with van der Waals surface area (Å²) < 4.78 is 48.2. The number of esters is 1. The van der Waals surface area contributed by atoms with Crippen molar-refractivity contribution in [3.63, 3.8) is 0 Å². The minimum absolute atomic E-state index is 0.0119. The molecule has 6 aliphatic heterocycles. The van der Waals surface area contributed by atoms with E-state index in [2.05, 4.69) is 10.2 Å². The first kappa shape index (κ1) is 46.5. The number of aliphatic hydroxyl groups is 1. The maximum Gasteiger partial charge on any atom is 0.312 e. The first-order valence-electron chi connectivity index (χ1n) is 22.0. The summed E-state index contributed by atoms with van der Waals surface area (Å²) in [5.74, 6) is -6.52. The number of hydrogen-bond acceptors (Lipinski definition) is 17. The summed E-state index contributed by atoms with van der Waals surface area (Å²) in [6.45, 7) is 14.7. The molecule has 352 valence electrons. The normalized spacial score (nSPS) is 30.3. The lowest BCUT2D eigenvalue weighted by Crippen LogP contribution is -2.46. The number of phenolic OH excluding ortho intramolecular Hbond substituents is 2. The molecule has 1 aliphatic carbocycles. The van der Waals surface area contributed by atoms with E-state index in [1.165, 1.54) is 65.4 Å². The number of amides is 1. The van der Waals surface area contributed by atoms with Crippen LogP contribution in [0.2, 0.25) is 0 Å². The second kappa shape index (κ2) is 18.3. The van der Waals surface area contributed by atoms with Crippen LogP contribution in [-0.2, 0) is 33.3 Å². The minimum atomic E-state index is -2.08. The predicted molar refractivity (Wildman–Crippen MR) is 239 cm³/mol. The van der Waals surface area contributed by atoms with E-state index in [0.29, 0.717) is 19.8 Å². The van der Waals surface area contributed by atoms with Crippen molar-refractivity contribution in [2.45, 2.75) is 84.8 Å². The van der Waals surface area contributed by atoms with Gasteiger partial charge in [0.1, 0.15) is 58.7 Å². The number of carbonyl (C=O) groups excluding carboxylic acids is 3. The Hall–Kier alpha value is -6.05. The van der Waals surface area contributed by atoms with Crippen molar-refractivity contribution >= 4 is 45.2 Å². The van der Waals surface area contributed by atoms with Crippen molar-refractivity contribution in [3.8, 4) is 34.5 Å². The molecule has 0 unspecified atom stereocenters. The zero-order valence-electron chi connectivity index (χ0n) is 38.0. The number of aliphatic hydroxyl groups excluding tert-OH is 1. The fourth-order valence-electron chi connectivity index (χ4n) is 9.24. The third kappa shape index (κ3) is 8.36. The Bertz CT molecular complexity index is 2700. The van der Waals surface area contributed by atoms with Crippen LogP contribution < -0.4 is 20.2 Å². The first-order chi connectivity index (χ1) is 31.4. The van der Waals surface area contributed by atoms with Gasteiger partial charge in [0.05, 0.1) is 48.7 Å². The van der Waals surface area contributed by atoms with E-state index in [4.69, 9.17) is 42.6 Å². The van der Waals surface area contributed by atoms with Crippen LogP contribution in [0, 0.1) is 24.7 Å². The van der Waals surface area contributed by atoms with Crippen LogP contribution in [0.15, 0.2) is 57.5 Å². The van der Waals surface area contributed by atoms with Gasteiger partial charge < -0.3 is 58.2 Å². The van der Waals surface area contributed by atoms with Crippen molar-refractivity contribution in [2.24, 2.45) is 17.8 Å². The molecule has 2 aromatic rings. The number of nitrogens with zero attached hydrogens (tertiary/aromatic N) is 2. The van der Waals surface area contributed by atoms with Gasteiger partial charge in [0.25, 0.3) is 11.7 Å². The molecule has 0 radical (unpaired) electrons. The Balaban J connectivity index is 1.29. The maximum absolute atomic E-state index is 14.8. The first-order valence-corrected chi connectivity index (χ1v) is 22.0. The molecule has 9 atom stereocenters. The highest BCUT2D eigenvalue weighted by Crippen LogP contribution is 2.51. The molecule has 4 N–H and O–H groups in total. The van der Waals surface area contributed by atoms with E-state index < -0.39 is 82.7 Å². The summed E-state index contributed by atoms with van der Waals surface area (Å²) in [7, 11) is 1.44. The molecule has 18 heteroatoms. The Kier molecular flexibility index (Phi) is 12.9. The third-order valence-corrected chi connectivity index (χ3v) is 13.1. The number of benzene rings is 3. The number of anilines is 1. The quantitative estimate of drug-likeness (QED) is 0.111. The summed E-state index contributed by atoms with van der Waals surface area (Å²) in [6.07, 6.45) is 3.39. The van der Waals surface area contributed by atoms with E-state index in [1.807, 2.05) is 19.9 Å². The number of methoxy groups -OCH3 is 1. The van der Waals surface area contributed by atoms with Crippen LogP contribution in [0.4, 0.5) is 5.69 Å². The lowest BCUT2D eigenvalue weighted by Gasteiger charge is -2.33. The largest absolute Gasteiger partial charge is 0.507 e. The van der Waals surface area contributed by atoms with E-state index in [-0.39, 0.29) is 79.8 Å². The molecular weight excluding hydrogens is 859 g/mol. The van der Waals surface area contributed by atoms with Crippen molar-refractivity contribution in [2.75, 3.05) is 51.9 Å². The number of ether oxygens (including phenoxy) is 7. The van der Waals surface area contributed by atoms with Crippen LogP contribution in [0.3, 0.4) is 0 Å². The molecule has 7 aliphatic rings. The van der Waals surface area contributed by atoms with Crippen molar-refractivity contribution < 1.29 is 67.3 Å². The average molecular weight is 914 g/mol. The van der Waals surface area contributed by atoms with Crippen LogP contribution in [0.25, 0.3) is 33.3 Å². The summed E-state index contributed by atoms with van der Waals surface area (Å²) in [4.78, 5) is 63.0. The second-order valence-corrected chi connectivity index (χ2v) is 17.5. The van der Waals surface area contributed by atoms with Crippen molar-refractivity contribution in [3.05, 3.63) is 69.6 Å². The third-order valence-electron chi connectivity index (χ3n) is 13.1. The number of nitrogens with one attached hydrogen (secondary N) is 1. The smallest absolute Gasteiger partial charge is 0.312 e. The number of carbonyl (C=O) groups is 3. The highest BCUT2D eigenvalue weighted by molar-refractivity contribution is 6.22.